The van der Waals surface area contributed by atoms with Crippen LogP contribution in [0.3, 0.4) is 0 Å². The summed E-state index contributed by atoms with van der Waals surface area (Å²) in [5, 5.41) is 62.2. The van der Waals surface area contributed by atoms with E-state index in [9.17, 15) is 30.8 Å². The van der Waals surface area contributed by atoms with Crippen LogP contribution in [0.15, 0.2) is 0 Å². The number of nitrogens with zero attached hydrogens (tertiary/aromatic N) is 2. The number of hydrogen-bond donors (Lipinski definition) is 7. The predicted molar refractivity (Wildman–Crippen MR) is 99.6 cm³/mol. The molecule has 0 spiro atoms. The van der Waals surface area contributed by atoms with E-state index in [4.69, 9.17) is 28.9 Å². The van der Waals surface area contributed by atoms with Crippen molar-refractivity contribution in [2.45, 2.75) is 52.1 Å². The molecule has 29 heavy (non-hydrogen) atoms. The molecule has 0 bridgehead atoms. The first-order valence-electron chi connectivity index (χ1n) is 8.83. The van der Waals surface area contributed by atoms with Crippen LogP contribution >= 0.6 is 7.82 Å². The summed E-state index contributed by atoms with van der Waals surface area (Å²) in [5.41, 5.74) is 0. The summed E-state index contributed by atoms with van der Waals surface area (Å²) < 4.78 is 8.88. The molecule has 0 saturated heterocycles. The second-order valence-corrected chi connectivity index (χ2v) is 7.96. The summed E-state index contributed by atoms with van der Waals surface area (Å²) in [7, 11) is -4.64. The molecule has 0 aliphatic heterocycles. The Bertz CT molecular complexity index is 411. The standard InChI is InChI=1S/C14H32N2O8.H3O4P/c1-11(17)7-15(21,8-12(2)18)23-5-6-24-16(22,9-13(3)19)10-14(4)20;1-5(2,3)4/h11-14,17-20H,5-10H2,1-4H3;(H3,1,2,3,4). The molecule has 0 amide bonds. The molecule has 0 radical (unpaired) electrons. The van der Waals surface area contributed by atoms with Gasteiger partial charge in [0, 0.05) is 0 Å². The molecule has 14 nitrogen and oxygen atoms in total. The Morgan fingerprint density at radius 1 is 0.690 bits per heavy atom. The Morgan fingerprint density at radius 3 is 1.00 bits per heavy atom. The van der Waals surface area contributed by atoms with E-state index in [2.05, 4.69) is 0 Å². The maximum Gasteiger partial charge on any atom is 0.466 e. The lowest BCUT2D eigenvalue weighted by Crippen LogP contribution is -2.52. The van der Waals surface area contributed by atoms with Gasteiger partial charge >= 0.3 is 7.82 Å². The molecule has 0 rings (SSSR count). The first-order valence-corrected chi connectivity index (χ1v) is 10.4. The summed E-state index contributed by atoms with van der Waals surface area (Å²) in [6.07, 6.45) is -3.71. The third-order valence-corrected chi connectivity index (χ3v) is 2.91. The summed E-state index contributed by atoms with van der Waals surface area (Å²) in [5.74, 6) is 0. The molecule has 4 unspecified atom stereocenters. The van der Waals surface area contributed by atoms with Crippen molar-refractivity contribution in [3.8, 4) is 0 Å². The predicted octanol–water partition coefficient (Wildman–Crippen LogP) is -1.93. The highest BCUT2D eigenvalue weighted by atomic mass is 31.2. The van der Waals surface area contributed by atoms with Gasteiger partial charge in [0.1, 0.15) is 63.8 Å². The number of hydroxylamine groups is 8. The van der Waals surface area contributed by atoms with Crippen molar-refractivity contribution in [1.82, 2.24) is 0 Å². The minimum atomic E-state index is -4.64. The Balaban J connectivity index is 0. The average Bonchev–Trinajstić information content (AvgIpc) is 2.37. The molecule has 0 aliphatic carbocycles. The number of phosphoric acid groups is 1. The van der Waals surface area contributed by atoms with E-state index < -0.39 is 41.9 Å². The lowest BCUT2D eigenvalue weighted by Gasteiger charge is -2.42. The Labute approximate surface area is 169 Å². The van der Waals surface area contributed by atoms with Crippen molar-refractivity contribution >= 4 is 7.82 Å². The van der Waals surface area contributed by atoms with Crippen molar-refractivity contribution in [2.24, 2.45) is 0 Å². The van der Waals surface area contributed by atoms with Crippen LogP contribution in [0.25, 0.3) is 0 Å². The molecule has 0 fully saturated rings. The van der Waals surface area contributed by atoms with Crippen LogP contribution in [-0.2, 0) is 14.2 Å². The van der Waals surface area contributed by atoms with Gasteiger partial charge in [-0.1, -0.05) is 0 Å². The second kappa shape index (κ2) is 13.9. The summed E-state index contributed by atoms with van der Waals surface area (Å²) in [6, 6.07) is 0. The zero-order valence-corrected chi connectivity index (χ0v) is 18.0. The summed E-state index contributed by atoms with van der Waals surface area (Å²) >= 11 is 0. The molecule has 0 saturated carbocycles. The first-order chi connectivity index (χ1) is 12.9. The Hall–Kier alpha value is -0.290. The van der Waals surface area contributed by atoms with Crippen molar-refractivity contribution < 1.29 is 59.0 Å². The molecular formula is C14H35N2O12P. The van der Waals surface area contributed by atoms with Crippen molar-refractivity contribution in [1.29, 1.82) is 0 Å². The zero-order valence-electron chi connectivity index (χ0n) is 17.1. The van der Waals surface area contributed by atoms with Gasteiger partial charge in [-0.15, -0.1) is 0 Å². The van der Waals surface area contributed by atoms with Crippen LogP contribution in [-0.4, -0.2) is 109 Å². The molecule has 0 aromatic heterocycles. The van der Waals surface area contributed by atoms with Gasteiger partial charge in [0.25, 0.3) is 0 Å². The SMILES string of the molecule is CC(O)C[N+]([O-])(CC(C)O)OCCO[N+]([O-])(CC(C)O)CC(C)O.O=P(O)(O)O. The van der Waals surface area contributed by atoms with Gasteiger partial charge < -0.3 is 45.5 Å². The van der Waals surface area contributed by atoms with Crippen molar-refractivity contribution in [3.63, 3.8) is 0 Å². The lowest BCUT2D eigenvalue weighted by molar-refractivity contribution is -1.08. The zero-order chi connectivity index (χ0) is 23.5. The fourth-order valence-corrected chi connectivity index (χ4v) is 2.38. The number of hydrogen-bond acceptors (Lipinski definition) is 9. The van der Waals surface area contributed by atoms with Crippen LogP contribution in [0.4, 0.5) is 0 Å². The number of aliphatic hydroxyl groups is 4. The van der Waals surface area contributed by atoms with Crippen LogP contribution in [0.5, 0.6) is 0 Å². The minimum absolute atomic E-state index is 0.245. The smallest absolute Gasteiger partial charge is 0.466 e. The third-order valence-electron chi connectivity index (χ3n) is 2.91. The molecule has 4 atom stereocenters. The molecule has 15 heteroatoms. The molecule has 7 N–H and O–H groups in total. The van der Waals surface area contributed by atoms with Crippen LogP contribution < -0.4 is 0 Å². The van der Waals surface area contributed by atoms with E-state index in [1.165, 1.54) is 27.7 Å². The highest BCUT2D eigenvalue weighted by Gasteiger charge is 2.27. The fourth-order valence-electron chi connectivity index (χ4n) is 2.38. The number of quaternary nitrogens is 2. The Morgan fingerprint density at radius 2 is 0.862 bits per heavy atom. The quantitative estimate of drug-likeness (QED) is 0.0699. The lowest BCUT2D eigenvalue weighted by atomic mass is 10.3. The molecular weight excluding hydrogens is 419 g/mol. The minimum Gasteiger partial charge on any atom is -0.598 e. The van der Waals surface area contributed by atoms with E-state index in [0.29, 0.717) is 0 Å². The van der Waals surface area contributed by atoms with Crippen molar-refractivity contribution in [2.75, 3.05) is 39.4 Å². The highest BCUT2D eigenvalue weighted by Crippen LogP contribution is 2.25. The summed E-state index contributed by atoms with van der Waals surface area (Å²) in [4.78, 5) is 29.3. The van der Waals surface area contributed by atoms with E-state index in [0.717, 1.165) is 0 Å². The molecule has 0 aromatic rings. The van der Waals surface area contributed by atoms with E-state index in [-0.39, 0.29) is 39.4 Å². The second-order valence-electron chi connectivity index (χ2n) is 6.94. The Kier molecular flexibility index (Phi) is 14.8. The normalized spacial score (nSPS) is 20.4. The van der Waals surface area contributed by atoms with E-state index in [1.54, 1.807) is 0 Å². The summed E-state index contributed by atoms with van der Waals surface area (Å²) in [6.45, 7) is 4.13. The van der Waals surface area contributed by atoms with Gasteiger partial charge in [-0.05, 0) is 27.7 Å². The highest BCUT2D eigenvalue weighted by molar-refractivity contribution is 7.45. The first kappa shape index (κ1) is 30.9. The van der Waals surface area contributed by atoms with Crippen LogP contribution in [0.2, 0.25) is 0 Å². The number of rotatable bonds is 13. The van der Waals surface area contributed by atoms with Gasteiger partial charge in [0.15, 0.2) is 0 Å². The van der Waals surface area contributed by atoms with Crippen LogP contribution in [0.1, 0.15) is 27.7 Å². The van der Waals surface area contributed by atoms with Gasteiger partial charge in [0.05, 0.1) is 0 Å². The largest absolute Gasteiger partial charge is 0.598 e. The fraction of sp³-hybridized carbons (Fsp3) is 1.00. The maximum atomic E-state index is 12.4. The third kappa shape index (κ3) is 22.2. The monoisotopic (exact) mass is 454 g/mol. The molecule has 0 aliphatic rings. The average molecular weight is 454 g/mol. The van der Waals surface area contributed by atoms with Gasteiger partial charge in [0.2, 0.25) is 0 Å². The van der Waals surface area contributed by atoms with Gasteiger partial charge in [-0.3, -0.25) is 0 Å². The number of aliphatic hydroxyl groups excluding tert-OH is 4. The van der Waals surface area contributed by atoms with Gasteiger partial charge in [-0.25, -0.2) is 14.2 Å². The molecule has 0 heterocycles. The van der Waals surface area contributed by atoms with E-state index >= 15 is 0 Å². The maximum absolute atomic E-state index is 12.4. The van der Waals surface area contributed by atoms with Gasteiger partial charge in [-0.2, -0.15) is 9.68 Å². The van der Waals surface area contributed by atoms with Crippen LogP contribution in [0, 0.1) is 10.4 Å². The molecule has 178 valence electrons. The molecule has 0 aromatic carbocycles. The van der Waals surface area contributed by atoms with Crippen molar-refractivity contribution in [3.05, 3.63) is 10.4 Å². The topological polar surface area (TPSA) is 223 Å². The van der Waals surface area contributed by atoms with E-state index in [1.807, 2.05) is 0 Å².